The van der Waals surface area contributed by atoms with E-state index in [0.717, 1.165) is 19.3 Å². The summed E-state index contributed by atoms with van der Waals surface area (Å²) in [7, 11) is 8.66. The zero-order chi connectivity index (χ0) is 43.9. The Hall–Kier alpha value is -2.59. The highest BCUT2D eigenvalue weighted by molar-refractivity contribution is 6.39. The molecule has 1 aliphatic carbocycles. The average molecular weight is 837 g/mol. The first-order chi connectivity index (χ1) is 27.8. The van der Waals surface area contributed by atoms with Crippen molar-refractivity contribution < 1.29 is 57.5 Å². The number of halogens is 1. The number of rotatable bonds is 7. The highest BCUT2D eigenvalue weighted by Gasteiger charge is 2.57. The lowest BCUT2D eigenvalue weighted by Gasteiger charge is -2.47. The Labute approximate surface area is 351 Å². The van der Waals surface area contributed by atoms with Gasteiger partial charge in [0.2, 0.25) is 5.79 Å². The molecule has 15 atom stereocenters. The second-order valence-corrected chi connectivity index (χ2v) is 18.1. The number of likely N-dealkylation sites (N-methyl/N-ethyl adjacent to an activating group) is 1. The first kappa shape index (κ1) is 49.1. The van der Waals surface area contributed by atoms with E-state index in [0.29, 0.717) is 30.4 Å². The summed E-state index contributed by atoms with van der Waals surface area (Å²) in [4.78, 5) is 60.1. The largest absolute Gasteiger partial charge is 0.456 e. The Balaban J connectivity index is 1.78. The van der Waals surface area contributed by atoms with Gasteiger partial charge in [-0.25, -0.2) is 9.18 Å². The monoisotopic (exact) mass is 837 g/mol. The molecular formula is C45H73FN2O11. The molecule has 4 rings (SSSR count). The molecule has 2 N–H and O–H groups in total. The Bertz CT molecular complexity index is 1520. The molecule has 0 aromatic carbocycles. The summed E-state index contributed by atoms with van der Waals surface area (Å²) in [6, 6.07) is -0.907. The number of aliphatic hydroxyl groups is 2. The predicted octanol–water partition coefficient (Wildman–Crippen LogP) is 4.99. The van der Waals surface area contributed by atoms with Crippen LogP contribution < -0.4 is 0 Å². The van der Waals surface area contributed by atoms with Gasteiger partial charge in [-0.1, -0.05) is 39.8 Å². The van der Waals surface area contributed by atoms with Gasteiger partial charge in [-0.2, -0.15) is 0 Å². The highest BCUT2D eigenvalue weighted by Crippen LogP contribution is 2.40. The summed E-state index contributed by atoms with van der Waals surface area (Å²) < 4.78 is 46.2. The normalized spacial score (nSPS) is 40.6. The summed E-state index contributed by atoms with van der Waals surface area (Å²) in [5.74, 6) is -8.79. The van der Waals surface area contributed by atoms with Gasteiger partial charge in [-0.05, 0) is 109 Å². The number of amides is 1. The zero-order valence-electron chi connectivity index (χ0n) is 37.4. The van der Waals surface area contributed by atoms with Crippen LogP contribution in [0.5, 0.6) is 0 Å². The molecule has 3 heterocycles. The molecule has 15 unspecified atom stereocenters. The van der Waals surface area contributed by atoms with E-state index in [1.165, 1.54) is 19.1 Å². The van der Waals surface area contributed by atoms with Gasteiger partial charge in [-0.15, -0.1) is 0 Å². The van der Waals surface area contributed by atoms with Crippen LogP contribution in [0.4, 0.5) is 4.39 Å². The third-order valence-electron chi connectivity index (χ3n) is 13.8. The number of carbonyl (C=O) groups excluding carboxylic acids is 4. The van der Waals surface area contributed by atoms with Gasteiger partial charge >= 0.3 is 5.97 Å². The molecule has 3 fully saturated rings. The number of ether oxygens (including phenoxy) is 5. The Morgan fingerprint density at radius 2 is 1.63 bits per heavy atom. The van der Waals surface area contributed by atoms with Crippen molar-refractivity contribution in [2.75, 3.05) is 42.0 Å². The fraction of sp³-hybridized carbons (Fsp3) is 0.822. The van der Waals surface area contributed by atoms with E-state index in [4.69, 9.17) is 23.7 Å². The molecule has 336 valence electrons. The number of Topliss-reactive ketones (excluding diaryl/α,β-unsaturated/α-hetero) is 2. The zero-order valence-corrected chi connectivity index (χ0v) is 37.4. The van der Waals surface area contributed by atoms with Gasteiger partial charge in [-0.3, -0.25) is 14.4 Å². The second-order valence-electron chi connectivity index (χ2n) is 18.1. The third kappa shape index (κ3) is 11.3. The number of alkyl halides is 1. The Kier molecular flexibility index (Phi) is 17.9. The van der Waals surface area contributed by atoms with E-state index in [9.17, 15) is 29.4 Å². The van der Waals surface area contributed by atoms with E-state index in [1.54, 1.807) is 40.9 Å². The number of methoxy groups -OCH3 is 3. The fourth-order valence-electron chi connectivity index (χ4n) is 9.88. The number of nitrogens with zero attached hydrogens (tertiary/aromatic N) is 2. The summed E-state index contributed by atoms with van der Waals surface area (Å²) in [5, 5.41) is 23.7. The SMILES string of the molecule is CCC1C=C(C)C(F)C(C)CC(OC)C2OC(O)(C(=O)C(=O)N3CCCCC3C(=O)OC(C(C)=CC3CCC(N(C)C)C(OC)C3)C(C)C(O)CC1=O)C(C)CC2OC. The average Bonchev–Trinajstić information content (AvgIpc) is 3.22. The number of cyclic esters (lactones) is 1. The molecule has 3 aliphatic heterocycles. The van der Waals surface area contributed by atoms with Crippen molar-refractivity contribution in [1.82, 2.24) is 9.80 Å². The van der Waals surface area contributed by atoms with Crippen LogP contribution in [0, 0.1) is 29.6 Å². The van der Waals surface area contributed by atoms with Crippen molar-refractivity contribution >= 4 is 23.4 Å². The van der Waals surface area contributed by atoms with Crippen LogP contribution in [0.15, 0.2) is 23.3 Å². The number of carbonyl (C=O) groups is 4. The van der Waals surface area contributed by atoms with Crippen LogP contribution in [0.1, 0.15) is 106 Å². The fourth-order valence-corrected chi connectivity index (χ4v) is 9.88. The molecule has 0 spiro atoms. The van der Waals surface area contributed by atoms with Gasteiger partial charge in [0.05, 0.1) is 24.4 Å². The number of hydrogen-bond acceptors (Lipinski definition) is 12. The van der Waals surface area contributed by atoms with Crippen molar-refractivity contribution in [2.24, 2.45) is 29.6 Å². The van der Waals surface area contributed by atoms with Crippen molar-refractivity contribution in [1.29, 1.82) is 0 Å². The number of hydrogen-bond donors (Lipinski definition) is 2. The maximum absolute atomic E-state index is 16.2. The van der Waals surface area contributed by atoms with E-state index in [-0.39, 0.29) is 56.1 Å². The van der Waals surface area contributed by atoms with Crippen molar-refractivity contribution in [3.8, 4) is 0 Å². The van der Waals surface area contributed by atoms with Crippen LogP contribution >= 0.6 is 0 Å². The maximum Gasteiger partial charge on any atom is 0.329 e. The first-order valence-electron chi connectivity index (χ1n) is 21.7. The number of ketones is 2. The van der Waals surface area contributed by atoms with Crippen molar-refractivity contribution in [3.63, 3.8) is 0 Å². The summed E-state index contributed by atoms with van der Waals surface area (Å²) in [5.41, 5.74) is 1.03. The van der Waals surface area contributed by atoms with Crippen LogP contribution in [0.2, 0.25) is 0 Å². The van der Waals surface area contributed by atoms with Crippen LogP contribution in [0.25, 0.3) is 0 Å². The second kappa shape index (κ2) is 21.5. The standard InChI is InChI=1S/C45H73FN2O11/c1-12-31-20-25(2)39(46)26(3)21-37(56-10)41-38(57-11)22-28(5)45(54,59-41)42(51)43(52)48-18-14-13-15-33(48)44(53)58-40(29(6)34(49)24-35(31)50)27(4)19-30-16-17-32(47(7)8)36(23-30)55-9/h19-20,26,28-34,36-41,49,54H,12-18,21-24H2,1-11H3. The van der Waals surface area contributed by atoms with Crippen LogP contribution in [-0.4, -0.2) is 146 Å². The molecule has 1 saturated carbocycles. The summed E-state index contributed by atoms with van der Waals surface area (Å²) in [6.07, 6.45) is 1.55. The van der Waals surface area contributed by atoms with Crippen LogP contribution in [-0.2, 0) is 42.9 Å². The minimum atomic E-state index is -2.59. The molecule has 2 saturated heterocycles. The van der Waals surface area contributed by atoms with Crippen molar-refractivity contribution in [2.45, 2.75) is 166 Å². The molecule has 2 bridgehead atoms. The summed E-state index contributed by atoms with van der Waals surface area (Å²) in [6.45, 7) is 10.4. The van der Waals surface area contributed by atoms with E-state index in [2.05, 4.69) is 11.0 Å². The Morgan fingerprint density at radius 3 is 2.24 bits per heavy atom. The van der Waals surface area contributed by atoms with Crippen LogP contribution in [0.3, 0.4) is 0 Å². The van der Waals surface area contributed by atoms with Gasteiger partial charge in [0, 0.05) is 58.1 Å². The molecular weight excluding hydrogens is 763 g/mol. The van der Waals surface area contributed by atoms with E-state index < -0.39 is 89.9 Å². The van der Waals surface area contributed by atoms with Gasteiger partial charge in [0.25, 0.3) is 11.7 Å². The number of fused-ring (bicyclic) bond motifs is 3. The highest BCUT2D eigenvalue weighted by atomic mass is 19.1. The lowest BCUT2D eigenvalue weighted by atomic mass is 9.80. The van der Waals surface area contributed by atoms with Crippen molar-refractivity contribution in [3.05, 3.63) is 23.3 Å². The van der Waals surface area contributed by atoms with E-state index in [1.807, 2.05) is 27.9 Å². The lowest BCUT2D eigenvalue weighted by Crippen LogP contribution is -2.64. The minimum Gasteiger partial charge on any atom is -0.456 e. The van der Waals surface area contributed by atoms with Gasteiger partial charge < -0.3 is 43.7 Å². The summed E-state index contributed by atoms with van der Waals surface area (Å²) >= 11 is 0. The van der Waals surface area contributed by atoms with E-state index >= 15 is 4.39 Å². The molecule has 0 radical (unpaired) electrons. The smallest absolute Gasteiger partial charge is 0.329 e. The number of esters is 1. The quantitative estimate of drug-likeness (QED) is 0.201. The maximum atomic E-state index is 16.2. The first-order valence-corrected chi connectivity index (χ1v) is 21.7. The Morgan fingerprint density at radius 1 is 0.983 bits per heavy atom. The topological polar surface area (TPSA) is 161 Å². The number of allylic oxidation sites excluding steroid dienone is 3. The molecule has 13 nitrogen and oxygen atoms in total. The number of aliphatic hydroxyl groups excluding tert-OH is 1. The molecule has 1 amide bonds. The predicted molar refractivity (Wildman–Crippen MR) is 220 cm³/mol. The molecule has 14 heteroatoms. The molecule has 0 aromatic heterocycles. The molecule has 4 aliphatic rings. The number of piperidine rings is 1. The van der Waals surface area contributed by atoms with Gasteiger partial charge in [0.15, 0.2) is 0 Å². The third-order valence-corrected chi connectivity index (χ3v) is 13.8. The molecule has 0 aromatic rings. The molecule has 59 heavy (non-hydrogen) atoms. The van der Waals surface area contributed by atoms with Gasteiger partial charge in [0.1, 0.15) is 30.2 Å². The minimum absolute atomic E-state index is 0.0189. The lowest BCUT2D eigenvalue weighted by molar-refractivity contribution is -0.302.